The number of unbranched alkanes of at least 4 members (excludes halogenated alkanes) is 4. The second kappa shape index (κ2) is 23.7. The number of rotatable bonds is 20. The number of carbonyl (C=O) groups excluding carboxylic acids is 3. The van der Waals surface area contributed by atoms with Crippen LogP contribution in [0, 0.1) is 0 Å². The fourth-order valence-electron chi connectivity index (χ4n) is 8.28. The lowest BCUT2D eigenvalue weighted by Crippen LogP contribution is -2.39. The molecule has 2 heterocycles. The van der Waals surface area contributed by atoms with Crippen molar-refractivity contribution in [3.05, 3.63) is 80.8 Å². The number of hydrogen-bond donors (Lipinski definition) is 5. The van der Waals surface area contributed by atoms with Gasteiger partial charge in [-0.3, -0.25) is 9.59 Å². The summed E-state index contributed by atoms with van der Waals surface area (Å²) in [7, 11) is 2.93. The summed E-state index contributed by atoms with van der Waals surface area (Å²) in [5.41, 5.74) is 1.73. The van der Waals surface area contributed by atoms with E-state index >= 15 is 0 Å². The summed E-state index contributed by atoms with van der Waals surface area (Å²) < 4.78 is 46.8. The number of benzene rings is 4. The van der Waals surface area contributed by atoms with Crippen LogP contribution in [0.2, 0.25) is 10.0 Å². The van der Waals surface area contributed by atoms with Crippen molar-refractivity contribution < 1.29 is 51.6 Å². The van der Waals surface area contributed by atoms with Gasteiger partial charge in [0.25, 0.3) is 0 Å². The average Bonchev–Trinajstić information content (AvgIpc) is 3.76. The molecule has 15 nitrogen and oxygen atoms in total. The van der Waals surface area contributed by atoms with Crippen LogP contribution in [0.15, 0.2) is 59.7 Å². The maximum atomic E-state index is 12.8. The van der Waals surface area contributed by atoms with Gasteiger partial charge in [0, 0.05) is 63.3 Å². The summed E-state index contributed by atoms with van der Waals surface area (Å²) in [6, 6.07) is 14.1. The smallest absolute Gasteiger partial charge is 0.331 e. The van der Waals surface area contributed by atoms with Gasteiger partial charge in [0.05, 0.1) is 61.6 Å². The lowest BCUT2D eigenvalue weighted by Gasteiger charge is -2.16. The molecule has 66 heavy (non-hydrogen) atoms. The third-order valence-electron chi connectivity index (χ3n) is 11.6. The second-order valence-electron chi connectivity index (χ2n) is 16.0. The third kappa shape index (κ3) is 12.2. The van der Waals surface area contributed by atoms with E-state index in [-0.39, 0.29) is 41.3 Å². The van der Waals surface area contributed by atoms with Crippen LogP contribution in [0.4, 0.5) is 4.79 Å². The van der Waals surface area contributed by atoms with Crippen molar-refractivity contribution in [3.63, 3.8) is 0 Å². The molecule has 0 aliphatic carbocycles. The number of urea groups is 1. The molecule has 6 rings (SSSR count). The molecule has 5 N–H and O–H groups in total. The van der Waals surface area contributed by atoms with Crippen LogP contribution in [0.25, 0.3) is 33.7 Å². The van der Waals surface area contributed by atoms with E-state index in [4.69, 9.17) is 47.3 Å². The zero-order valence-corrected chi connectivity index (χ0v) is 40.3. The molecule has 4 aromatic rings. The largest absolute Gasteiger partial charge is 0.495 e. The molecule has 2 saturated heterocycles. The number of methoxy groups -OCH3 is 4. The van der Waals surface area contributed by atoms with Crippen LogP contribution >= 0.6 is 23.2 Å². The van der Waals surface area contributed by atoms with E-state index in [1.807, 2.05) is 48.5 Å². The number of fused-ring (bicyclic) bond motifs is 3. The third-order valence-corrected chi connectivity index (χ3v) is 14.6. The molecule has 18 heteroatoms. The zero-order valence-electron chi connectivity index (χ0n) is 38.0. The summed E-state index contributed by atoms with van der Waals surface area (Å²) in [4.78, 5) is 47.5. The summed E-state index contributed by atoms with van der Waals surface area (Å²) in [5, 5.41) is 23.7. The van der Waals surface area contributed by atoms with Gasteiger partial charge in [0.2, 0.25) is 11.8 Å². The molecule has 356 valence electrons. The first kappa shape index (κ1) is 51.3. The predicted molar refractivity (Wildman–Crippen MR) is 259 cm³/mol. The second-order valence-corrected chi connectivity index (χ2v) is 19.0. The van der Waals surface area contributed by atoms with Gasteiger partial charge >= 0.3 is 12.0 Å². The van der Waals surface area contributed by atoms with Gasteiger partial charge in [-0.05, 0) is 51.7 Å². The van der Waals surface area contributed by atoms with Crippen LogP contribution in [0.3, 0.4) is 0 Å². The predicted octanol–water partition coefficient (Wildman–Crippen LogP) is 8.11. The van der Waals surface area contributed by atoms with Gasteiger partial charge in [0.15, 0.2) is 9.84 Å². The molecule has 0 saturated carbocycles. The molecular weight excluding hydrogens is 912 g/mol. The number of carbonyl (C=O) groups is 4. The van der Waals surface area contributed by atoms with E-state index in [2.05, 4.69) is 21.3 Å². The van der Waals surface area contributed by atoms with Gasteiger partial charge in [-0.1, -0.05) is 91.0 Å². The Kier molecular flexibility index (Phi) is 18.4. The standard InChI is InChI=1S/C32H43ClN4O7S.C16H15ClO4/c1-20(18-23-27(33)30(44-3)22-13-7-6-12-21(22)29(23)43-2)31(39)35-17-11-5-4-10-16-34-26(38)15-9-8-14-25-28-24(19-45(25,41)42)36-32(40)37-28;1-9(16(18)19)8-12-13(17)15(21-3)11-7-5-4-6-10(11)14(12)20-2/h6-7,12-13,18,24-25,28H,4-5,8-11,14-17,19H2,1-3H3,(H,34,38)(H,35,39)(H2,36,37,40);4-8H,1-3H3,(H,18,19)/b20-18+;9-8+/t24?,25?,28-;/m0./s1. The first-order valence-corrected chi connectivity index (χ1v) is 24.1. The van der Waals surface area contributed by atoms with Crippen molar-refractivity contribution in [1.29, 1.82) is 0 Å². The Labute approximate surface area is 395 Å². The molecule has 2 fully saturated rings. The number of sulfone groups is 1. The summed E-state index contributed by atoms with van der Waals surface area (Å²) in [6.45, 7) is 4.33. The van der Waals surface area contributed by atoms with E-state index in [1.54, 1.807) is 27.2 Å². The van der Waals surface area contributed by atoms with Crippen molar-refractivity contribution in [3.8, 4) is 23.0 Å². The monoisotopic (exact) mass is 968 g/mol. The molecule has 2 aliphatic rings. The molecule has 0 bridgehead atoms. The van der Waals surface area contributed by atoms with E-state index in [0.717, 1.165) is 47.2 Å². The zero-order chi connectivity index (χ0) is 48.1. The van der Waals surface area contributed by atoms with Crippen molar-refractivity contribution in [2.75, 3.05) is 47.3 Å². The van der Waals surface area contributed by atoms with Crippen LogP contribution in [0.5, 0.6) is 23.0 Å². The van der Waals surface area contributed by atoms with Gasteiger partial charge < -0.3 is 45.3 Å². The highest BCUT2D eigenvalue weighted by Crippen LogP contribution is 2.46. The number of ether oxygens (including phenoxy) is 4. The number of hydrogen-bond acceptors (Lipinski definition) is 10. The minimum absolute atomic E-state index is 0.0301. The normalized spacial score (nSPS) is 17.5. The van der Waals surface area contributed by atoms with Crippen LogP contribution < -0.4 is 40.2 Å². The Morgan fingerprint density at radius 3 is 1.65 bits per heavy atom. The number of carboxylic acids is 1. The number of amides is 4. The first-order chi connectivity index (χ1) is 31.6. The highest BCUT2D eigenvalue weighted by molar-refractivity contribution is 7.92. The van der Waals surface area contributed by atoms with Crippen molar-refractivity contribution in [2.24, 2.45) is 0 Å². The van der Waals surface area contributed by atoms with Gasteiger partial charge in [-0.15, -0.1) is 0 Å². The fourth-order valence-corrected chi connectivity index (χ4v) is 11.2. The molecule has 2 aliphatic heterocycles. The van der Waals surface area contributed by atoms with Crippen LogP contribution in [0.1, 0.15) is 76.3 Å². The van der Waals surface area contributed by atoms with Crippen LogP contribution in [-0.2, 0) is 24.2 Å². The first-order valence-electron chi connectivity index (χ1n) is 21.7. The topological polar surface area (TPSA) is 208 Å². The quantitative estimate of drug-likeness (QED) is 0.0325. The molecule has 4 aromatic carbocycles. The number of aliphatic carboxylic acids is 1. The summed E-state index contributed by atoms with van der Waals surface area (Å²) in [6.07, 6.45) is 8.63. The Morgan fingerprint density at radius 1 is 0.697 bits per heavy atom. The molecule has 3 atom stereocenters. The number of nitrogens with one attached hydrogen (secondary N) is 4. The van der Waals surface area contributed by atoms with Gasteiger partial charge in [-0.25, -0.2) is 18.0 Å². The molecule has 0 aromatic heterocycles. The molecule has 2 unspecified atom stereocenters. The molecule has 0 spiro atoms. The summed E-state index contributed by atoms with van der Waals surface area (Å²) in [5.74, 6) is 0.840. The maximum Gasteiger partial charge on any atom is 0.331 e. The fraction of sp³-hybridized carbons (Fsp3) is 0.417. The van der Waals surface area contributed by atoms with E-state index < -0.39 is 21.1 Å². The van der Waals surface area contributed by atoms with E-state index in [0.29, 0.717) is 88.5 Å². The van der Waals surface area contributed by atoms with Crippen LogP contribution in [-0.4, -0.2) is 102 Å². The summed E-state index contributed by atoms with van der Waals surface area (Å²) >= 11 is 13.0. The minimum atomic E-state index is -3.25. The lowest BCUT2D eigenvalue weighted by atomic mass is 10.0. The number of carboxylic acid groups (broad SMARTS) is 1. The SMILES string of the molecule is COc1c(Cl)c(/C=C(\C)C(=O)NCCCCCCNC(=O)CCCCC2[C@H]3NC(=O)NC3CS2(=O)=O)c(OC)c2ccccc12.COc1c(Cl)c(/C=C(\C)C(=O)O)c(OC)c2ccccc12. The Morgan fingerprint density at radius 2 is 1.17 bits per heavy atom. The maximum absolute atomic E-state index is 12.8. The Bertz CT molecular complexity index is 2620. The molecule has 0 radical (unpaired) electrons. The van der Waals surface area contributed by atoms with E-state index in [1.165, 1.54) is 27.2 Å². The van der Waals surface area contributed by atoms with Gasteiger partial charge in [0.1, 0.15) is 23.0 Å². The Hall–Kier alpha value is -5.71. The van der Waals surface area contributed by atoms with Crippen molar-refractivity contribution >= 4 is 90.6 Å². The average molecular weight is 970 g/mol. The van der Waals surface area contributed by atoms with Crippen molar-refractivity contribution in [2.45, 2.75) is 82.5 Å². The molecule has 4 amide bonds. The number of halogens is 2. The minimum Gasteiger partial charge on any atom is -0.495 e. The van der Waals surface area contributed by atoms with Gasteiger partial charge in [-0.2, -0.15) is 0 Å². The Balaban J connectivity index is 0.000000324. The van der Waals surface area contributed by atoms with Crippen molar-refractivity contribution in [1.82, 2.24) is 21.3 Å². The molecular formula is C48H58Cl2N4O11S. The lowest BCUT2D eigenvalue weighted by molar-refractivity contribution is -0.132. The highest BCUT2D eigenvalue weighted by atomic mass is 35.5. The van der Waals surface area contributed by atoms with E-state index in [9.17, 15) is 27.6 Å². The highest BCUT2D eigenvalue weighted by Gasteiger charge is 2.51.